The molecule has 0 saturated heterocycles. The van der Waals surface area contributed by atoms with Gasteiger partial charge in [0.1, 0.15) is 18.0 Å². The van der Waals surface area contributed by atoms with E-state index in [1.807, 2.05) is 25.1 Å². The molecule has 0 unspecified atom stereocenters. The van der Waals surface area contributed by atoms with Crippen LogP contribution in [0, 0.1) is 29.1 Å². The Kier molecular flexibility index (Phi) is 6.03. The number of carbonyl (C=O) groups excluding carboxylic acids is 1. The van der Waals surface area contributed by atoms with E-state index in [1.165, 1.54) is 16.7 Å². The van der Waals surface area contributed by atoms with Crippen molar-refractivity contribution >= 4 is 17.4 Å². The average molecular weight is 477 g/mol. The third-order valence-corrected chi connectivity index (χ3v) is 9.23. The average Bonchev–Trinajstić information content (AvgIpc) is 3.07. The van der Waals surface area contributed by atoms with Crippen molar-refractivity contribution in [3.63, 3.8) is 0 Å². The summed E-state index contributed by atoms with van der Waals surface area (Å²) in [6.45, 7) is 8.19. The topological polar surface area (TPSA) is 46.5 Å². The Bertz CT molecular complexity index is 1170. The van der Waals surface area contributed by atoms with Gasteiger partial charge in [-0.1, -0.05) is 48.7 Å². The highest BCUT2D eigenvalue weighted by molar-refractivity contribution is 6.32. The first-order chi connectivity index (χ1) is 16.3. The number of carbonyl (C=O) groups is 1. The van der Waals surface area contributed by atoms with Crippen molar-refractivity contribution in [3.8, 4) is 17.6 Å². The van der Waals surface area contributed by atoms with Gasteiger partial charge in [0.2, 0.25) is 0 Å². The molecule has 5 atom stereocenters. The third kappa shape index (κ3) is 3.58. The molecule has 34 heavy (non-hydrogen) atoms. The number of ether oxygens (including phenoxy) is 1. The van der Waals surface area contributed by atoms with Crippen molar-refractivity contribution in [1.82, 2.24) is 0 Å². The number of hydrogen-bond acceptors (Lipinski definition) is 3. The summed E-state index contributed by atoms with van der Waals surface area (Å²) in [6.07, 6.45) is 9.51. The van der Waals surface area contributed by atoms with Gasteiger partial charge in [0, 0.05) is 17.8 Å². The van der Waals surface area contributed by atoms with Crippen LogP contribution >= 0.6 is 11.6 Å². The summed E-state index contributed by atoms with van der Waals surface area (Å²) >= 11 is 6.66. The van der Waals surface area contributed by atoms with E-state index in [0.29, 0.717) is 35.6 Å². The van der Waals surface area contributed by atoms with E-state index in [9.17, 15) is 9.90 Å². The second-order valence-corrected chi connectivity index (χ2v) is 11.0. The molecule has 1 N–H and O–H groups in total. The summed E-state index contributed by atoms with van der Waals surface area (Å²) in [4.78, 5) is 12.2. The molecule has 0 amide bonds. The van der Waals surface area contributed by atoms with Crippen LogP contribution in [-0.4, -0.2) is 23.1 Å². The Labute approximate surface area is 207 Å². The van der Waals surface area contributed by atoms with E-state index in [4.69, 9.17) is 16.3 Å². The Hall–Kier alpha value is -2.28. The lowest BCUT2D eigenvalue weighted by Crippen LogP contribution is -2.51. The number of aliphatic hydroxyl groups is 1. The molecule has 5 rings (SSSR count). The molecule has 0 bridgehead atoms. The van der Waals surface area contributed by atoms with Crippen molar-refractivity contribution in [3.05, 3.63) is 64.2 Å². The van der Waals surface area contributed by atoms with Gasteiger partial charge in [-0.15, -0.1) is 5.92 Å². The highest BCUT2D eigenvalue weighted by Gasteiger charge is 2.62. The zero-order chi connectivity index (χ0) is 24.1. The largest absolute Gasteiger partial charge is 0.488 e. The van der Waals surface area contributed by atoms with Crippen LogP contribution in [-0.2, 0) is 4.79 Å². The number of benzene rings is 1. The smallest absolute Gasteiger partial charge is 0.156 e. The van der Waals surface area contributed by atoms with Crippen LogP contribution in [0.5, 0.6) is 5.75 Å². The van der Waals surface area contributed by atoms with Crippen molar-refractivity contribution in [2.24, 2.45) is 17.3 Å². The first-order valence-electron chi connectivity index (χ1n) is 12.5. The summed E-state index contributed by atoms with van der Waals surface area (Å²) in [5.74, 6) is 8.05. The molecule has 0 aromatic heterocycles. The Balaban J connectivity index is 1.65. The van der Waals surface area contributed by atoms with Crippen LogP contribution in [0.25, 0.3) is 0 Å². The number of halogens is 1. The molecule has 1 aromatic carbocycles. The maximum absolute atomic E-state index is 12.2. The highest BCUT2D eigenvalue weighted by Crippen LogP contribution is 2.66. The van der Waals surface area contributed by atoms with E-state index in [0.717, 1.165) is 44.1 Å². The lowest BCUT2D eigenvalue weighted by Gasteiger charge is -2.53. The van der Waals surface area contributed by atoms with Crippen molar-refractivity contribution in [1.29, 1.82) is 0 Å². The SMILES string of the molecule is C=CCOc1ccc([C@H]2C[C@@]3(C)[C@@H](CC[C@@]3(O)C#CC)[C@@H]3CCC4=CC(=O)CCC4=C32)cc1Cl. The molecule has 2 saturated carbocycles. The van der Waals surface area contributed by atoms with Crippen molar-refractivity contribution < 1.29 is 14.6 Å². The van der Waals surface area contributed by atoms with E-state index >= 15 is 0 Å². The normalized spacial score (nSPS) is 34.3. The molecule has 2 fully saturated rings. The molecular formula is C30H33ClO3. The minimum Gasteiger partial charge on any atom is -0.488 e. The Morgan fingerprint density at radius 3 is 2.85 bits per heavy atom. The predicted octanol–water partition coefficient (Wildman–Crippen LogP) is 6.56. The van der Waals surface area contributed by atoms with Gasteiger partial charge in [0.15, 0.2) is 5.78 Å². The quantitative estimate of drug-likeness (QED) is 0.395. The van der Waals surface area contributed by atoms with Crippen LogP contribution in [0.4, 0.5) is 0 Å². The van der Waals surface area contributed by atoms with Gasteiger partial charge in [-0.3, -0.25) is 4.79 Å². The number of ketones is 1. The lowest BCUT2D eigenvalue weighted by molar-refractivity contribution is -0.114. The fraction of sp³-hybridized carbons (Fsp3) is 0.500. The van der Waals surface area contributed by atoms with Crippen molar-refractivity contribution in [2.75, 3.05) is 6.61 Å². The standard InChI is InChI=1S/C30H33ClO3/c1-4-13-30(33)14-12-25-23-9-6-19-16-21(32)8-10-22(19)28(23)24(18-29(25,30)3)20-7-11-27(26(31)17-20)34-15-5-2/h5,7,11,16-17,23-25,33H,2,6,8-10,12,14-15,18H2,1,3H3/t23-,24+,25-,29-,30-/m0/s1. The first-order valence-corrected chi connectivity index (χ1v) is 12.8. The molecule has 4 heteroatoms. The minimum atomic E-state index is -0.976. The highest BCUT2D eigenvalue weighted by atomic mass is 35.5. The van der Waals surface area contributed by atoms with E-state index in [1.54, 1.807) is 6.08 Å². The van der Waals surface area contributed by atoms with Crippen LogP contribution < -0.4 is 4.74 Å². The predicted molar refractivity (Wildman–Crippen MR) is 136 cm³/mol. The summed E-state index contributed by atoms with van der Waals surface area (Å²) < 4.78 is 5.72. The van der Waals surface area contributed by atoms with Gasteiger partial charge in [0.25, 0.3) is 0 Å². The van der Waals surface area contributed by atoms with Crippen LogP contribution in [0.2, 0.25) is 5.02 Å². The fourth-order valence-corrected chi connectivity index (χ4v) is 7.62. The van der Waals surface area contributed by atoms with Crippen molar-refractivity contribution in [2.45, 2.75) is 70.3 Å². The minimum absolute atomic E-state index is 0.132. The molecule has 4 aliphatic carbocycles. The first kappa shape index (κ1) is 23.5. The Morgan fingerprint density at radius 2 is 2.12 bits per heavy atom. The van der Waals surface area contributed by atoms with Gasteiger partial charge in [-0.05, 0) is 92.2 Å². The van der Waals surface area contributed by atoms with Gasteiger partial charge in [0.05, 0.1) is 5.02 Å². The molecule has 3 nitrogen and oxygen atoms in total. The third-order valence-electron chi connectivity index (χ3n) is 8.93. The summed E-state index contributed by atoms with van der Waals surface area (Å²) in [5.41, 5.74) is 3.98. The maximum Gasteiger partial charge on any atom is 0.156 e. The Morgan fingerprint density at radius 1 is 1.29 bits per heavy atom. The van der Waals surface area contributed by atoms with Gasteiger partial charge < -0.3 is 9.84 Å². The monoisotopic (exact) mass is 476 g/mol. The summed E-state index contributed by atoms with van der Waals surface area (Å²) in [7, 11) is 0. The lowest BCUT2D eigenvalue weighted by atomic mass is 9.51. The van der Waals surface area contributed by atoms with E-state index in [-0.39, 0.29) is 17.1 Å². The number of hydrogen-bond donors (Lipinski definition) is 1. The molecule has 178 valence electrons. The van der Waals surface area contributed by atoms with Gasteiger partial charge >= 0.3 is 0 Å². The molecule has 4 aliphatic rings. The zero-order valence-corrected chi connectivity index (χ0v) is 20.9. The van der Waals surface area contributed by atoms with Crippen LogP contribution in [0.3, 0.4) is 0 Å². The molecule has 0 aliphatic heterocycles. The second-order valence-electron chi connectivity index (χ2n) is 10.6. The maximum atomic E-state index is 12.2. The fourth-order valence-electron chi connectivity index (χ4n) is 7.38. The molecular weight excluding hydrogens is 444 g/mol. The molecule has 0 spiro atoms. The summed E-state index contributed by atoms with van der Waals surface area (Å²) in [6, 6.07) is 6.10. The van der Waals surface area contributed by atoms with E-state index < -0.39 is 5.60 Å². The number of rotatable bonds is 4. The molecule has 1 aromatic rings. The number of allylic oxidation sites excluding steroid dienone is 4. The second kappa shape index (κ2) is 8.74. The van der Waals surface area contributed by atoms with Crippen LogP contribution in [0.1, 0.15) is 70.3 Å². The van der Waals surface area contributed by atoms with Crippen LogP contribution in [0.15, 0.2) is 53.6 Å². The molecule has 0 heterocycles. The van der Waals surface area contributed by atoms with Gasteiger partial charge in [-0.2, -0.15) is 0 Å². The van der Waals surface area contributed by atoms with Gasteiger partial charge in [-0.25, -0.2) is 0 Å². The van der Waals surface area contributed by atoms with E-state index in [2.05, 4.69) is 31.4 Å². The number of fused-ring (bicyclic) bond motifs is 4. The molecule has 0 radical (unpaired) electrons. The summed E-state index contributed by atoms with van der Waals surface area (Å²) in [5, 5.41) is 12.4. The zero-order valence-electron chi connectivity index (χ0n) is 20.1.